The van der Waals surface area contributed by atoms with E-state index in [1.807, 2.05) is 60.3 Å². The number of nitrogens with two attached hydrogens (primary N) is 1. The fourth-order valence-corrected chi connectivity index (χ4v) is 2.19. The third-order valence-corrected chi connectivity index (χ3v) is 3.10. The van der Waals surface area contributed by atoms with Crippen LogP contribution in [0.2, 0.25) is 0 Å². The first-order valence-corrected chi connectivity index (χ1v) is 6.25. The van der Waals surface area contributed by atoms with Gasteiger partial charge in [-0.05, 0) is 36.8 Å². The molecule has 2 N–H and O–H groups in total. The number of hydrogen-bond acceptors (Lipinski definition) is 2. The van der Waals surface area contributed by atoms with E-state index in [2.05, 4.69) is 5.10 Å². The Morgan fingerprint density at radius 1 is 1.20 bits per heavy atom. The average Bonchev–Trinajstić information content (AvgIpc) is 3.07. The number of carbonyl (C=O) groups is 1. The molecule has 0 unspecified atom stereocenters. The summed E-state index contributed by atoms with van der Waals surface area (Å²) < 4.78 is 3.54. The van der Waals surface area contributed by atoms with Crippen molar-refractivity contribution in [2.75, 3.05) is 0 Å². The van der Waals surface area contributed by atoms with Crippen LogP contribution in [-0.4, -0.2) is 20.3 Å². The Balaban J connectivity index is 2.24. The molecule has 2 heterocycles. The van der Waals surface area contributed by atoms with Gasteiger partial charge in [-0.25, -0.2) is 4.68 Å². The summed E-state index contributed by atoms with van der Waals surface area (Å²) in [4.78, 5) is 11.6. The van der Waals surface area contributed by atoms with Gasteiger partial charge in [-0.15, -0.1) is 0 Å². The van der Waals surface area contributed by atoms with Crippen LogP contribution in [0.3, 0.4) is 0 Å². The SMILES string of the molecule is Cc1cccc(-n2ncc(C(N)=O)c2-n2cccc2)c1. The molecule has 0 aliphatic carbocycles. The van der Waals surface area contributed by atoms with Gasteiger partial charge in [0.15, 0.2) is 5.82 Å². The Labute approximate surface area is 116 Å². The Kier molecular flexibility index (Phi) is 2.87. The van der Waals surface area contributed by atoms with Gasteiger partial charge in [-0.3, -0.25) is 4.79 Å². The second-order valence-corrected chi connectivity index (χ2v) is 4.59. The molecule has 0 spiro atoms. The highest BCUT2D eigenvalue weighted by Gasteiger charge is 2.17. The molecule has 0 bridgehead atoms. The average molecular weight is 266 g/mol. The smallest absolute Gasteiger partial charge is 0.254 e. The number of amides is 1. The van der Waals surface area contributed by atoms with E-state index in [4.69, 9.17) is 5.73 Å². The van der Waals surface area contributed by atoms with Gasteiger partial charge in [0.25, 0.3) is 5.91 Å². The van der Waals surface area contributed by atoms with Gasteiger partial charge < -0.3 is 10.3 Å². The third kappa shape index (κ3) is 1.99. The van der Waals surface area contributed by atoms with E-state index in [1.165, 1.54) is 6.20 Å². The second kappa shape index (κ2) is 4.70. The predicted octanol–water partition coefficient (Wildman–Crippen LogP) is 2.07. The molecule has 100 valence electrons. The first kappa shape index (κ1) is 12.2. The van der Waals surface area contributed by atoms with E-state index in [1.54, 1.807) is 4.68 Å². The number of aromatic nitrogens is 3. The van der Waals surface area contributed by atoms with E-state index in [0.717, 1.165) is 11.3 Å². The van der Waals surface area contributed by atoms with Crippen molar-refractivity contribution in [3.8, 4) is 11.5 Å². The number of primary amides is 1. The lowest BCUT2D eigenvalue weighted by Gasteiger charge is -2.10. The fraction of sp³-hybridized carbons (Fsp3) is 0.0667. The lowest BCUT2D eigenvalue weighted by molar-refractivity contribution is 0.100. The standard InChI is InChI=1S/C15H14N4O/c1-11-5-4-6-12(9-11)19-15(18-7-2-3-8-18)13(10-17-19)14(16)20/h2-10H,1H3,(H2,16,20). The molecule has 1 amide bonds. The van der Waals surface area contributed by atoms with Gasteiger partial charge >= 0.3 is 0 Å². The van der Waals surface area contributed by atoms with Crippen LogP contribution in [-0.2, 0) is 0 Å². The minimum Gasteiger partial charge on any atom is -0.365 e. The molecule has 0 saturated carbocycles. The number of hydrogen-bond donors (Lipinski definition) is 1. The van der Waals surface area contributed by atoms with Crippen LogP contribution >= 0.6 is 0 Å². The lowest BCUT2D eigenvalue weighted by Crippen LogP contribution is -2.14. The van der Waals surface area contributed by atoms with Crippen LogP contribution in [0.1, 0.15) is 15.9 Å². The Morgan fingerprint density at radius 3 is 2.60 bits per heavy atom. The first-order valence-electron chi connectivity index (χ1n) is 6.25. The summed E-state index contributed by atoms with van der Waals surface area (Å²) in [6.45, 7) is 2.01. The zero-order valence-electron chi connectivity index (χ0n) is 11.0. The van der Waals surface area contributed by atoms with Crippen LogP contribution < -0.4 is 5.73 Å². The normalized spacial score (nSPS) is 10.7. The van der Waals surface area contributed by atoms with E-state index in [9.17, 15) is 4.79 Å². The van der Waals surface area contributed by atoms with Gasteiger partial charge in [0.2, 0.25) is 0 Å². The maximum absolute atomic E-state index is 11.6. The predicted molar refractivity (Wildman–Crippen MR) is 76.1 cm³/mol. The van der Waals surface area contributed by atoms with E-state index < -0.39 is 5.91 Å². The summed E-state index contributed by atoms with van der Waals surface area (Å²) in [6, 6.07) is 11.7. The number of rotatable bonds is 3. The molecular formula is C15H14N4O. The lowest BCUT2D eigenvalue weighted by atomic mass is 10.2. The maximum atomic E-state index is 11.6. The van der Waals surface area contributed by atoms with Crippen molar-refractivity contribution < 1.29 is 4.79 Å². The molecule has 0 radical (unpaired) electrons. The van der Waals surface area contributed by atoms with Gasteiger partial charge in [-0.2, -0.15) is 5.10 Å². The highest BCUT2D eigenvalue weighted by Crippen LogP contribution is 2.20. The summed E-state index contributed by atoms with van der Waals surface area (Å²) in [6.07, 6.45) is 5.21. The molecule has 3 aromatic rings. The number of nitrogens with zero attached hydrogens (tertiary/aromatic N) is 3. The van der Waals surface area contributed by atoms with Crippen LogP contribution in [0.25, 0.3) is 11.5 Å². The quantitative estimate of drug-likeness (QED) is 0.788. The Morgan fingerprint density at radius 2 is 1.95 bits per heavy atom. The Bertz CT molecular complexity index is 756. The monoisotopic (exact) mass is 266 g/mol. The van der Waals surface area contributed by atoms with Crippen LogP contribution in [0, 0.1) is 6.92 Å². The summed E-state index contributed by atoms with van der Waals surface area (Å²) in [7, 11) is 0. The molecule has 0 fully saturated rings. The minimum atomic E-state index is -0.493. The molecule has 0 atom stereocenters. The largest absolute Gasteiger partial charge is 0.365 e. The number of aryl methyl sites for hydroxylation is 1. The summed E-state index contributed by atoms with van der Waals surface area (Å²) in [5, 5.41) is 4.30. The third-order valence-electron chi connectivity index (χ3n) is 3.10. The van der Waals surface area contributed by atoms with Crippen molar-refractivity contribution in [1.82, 2.24) is 14.3 Å². The molecular weight excluding hydrogens is 252 g/mol. The van der Waals surface area contributed by atoms with Crippen LogP contribution in [0.5, 0.6) is 0 Å². The van der Waals surface area contributed by atoms with Crippen molar-refractivity contribution in [3.63, 3.8) is 0 Å². The van der Waals surface area contributed by atoms with Gasteiger partial charge in [0, 0.05) is 12.4 Å². The summed E-state index contributed by atoms with van der Waals surface area (Å²) >= 11 is 0. The van der Waals surface area contributed by atoms with E-state index in [-0.39, 0.29) is 0 Å². The van der Waals surface area contributed by atoms with Gasteiger partial charge in [0.05, 0.1) is 11.9 Å². The second-order valence-electron chi connectivity index (χ2n) is 4.59. The highest BCUT2D eigenvalue weighted by atomic mass is 16.1. The van der Waals surface area contributed by atoms with Crippen molar-refractivity contribution in [2.24, 2.45) is 5.73 Å². The van der Waals surface area contributed by atoms with Gasteiger partial charge in [-0.1, -0.05) is 12.1 Å². The highest BCUT2D eigenvalue weighted by molar-refractivity contribution is 5.96. The summed E-state index contributed by atoms with van der Waals surface area (Å²) in [5.74, 6) is 0.153. The van der Waals surface area contributed by atoms with E-state index >= 15 is 0 Å². The number of carbonyl (C=O) groups excluding carboxylic acids is 1. The van der Waals surface area contributed by atoms with Crippen molar-refractivity contribution in [2.45, 2.75) is 6.92 Å². The van der Waals surface area contributed by atoms with Crippen LogP contribution in [0.4, 0.5) is 0 Å². The topological polar surface area (TPSA) is 65.8 Å². The van der Waals surface area contributed by atoms with Crippen molar-refractivity contribution in [1.29, 1.82) is 0 Å². The number of benzene rings is 1. The molecule has 0 saturated heterocycles. The molecule has 1 aromatic carbocycles. The molecule has 0 aliphatic heterocycles. The van der Waals surface area contributed by atoms with Crippen molar-refractivity contribution >= 4 is 5.91 Å². The molecule has 5 heteroatoms. The first-order chi connectivity index (χ1) is 9.66. The van der Waals surface area contributed by atoms with Crippen LogP contribution in [0.15, 0.2) is 55.0 Å². The molecule has 3 rings (SSSR count). The molecule has 2 aromatic heterocycles. The molecule has 20 heavy (non-hydrogen) atoms. The maximum Gasteiger partial charge on any atom is 0.254 e. The molecule has 5 nitrogen and oxygen atoms in total. The van der Waals surface area contributed by atoms with Gasteiger partial charge in [0.1, 0.15) is 5.56 Å². The van der Waals surface area contributed by atoms with E-state index in [0.29, 0.717) is 11.4 Å². The summed E-state index contributed by atoms with van der Waals surface area (Å²) in [5.41, 5.74) is 7.84. The fourth-order valence-electron chi connectivity index (χ4n) is 2.19. The minimum absolute atomic E-state index is 0.391. The van der Waals surface area contributed by atoms with Crippen molar-refractivity contribution in [3.05, 3.63) is 66.1 Å². The Hall–Kier alpha value is -2.82. The zero-order chi connectivity index (χ0) is 14.1. The molecule has 0 aliphatic rings. The zero-order valence-corrected chi connectivity index (χ0v) is 11.0.